The summed E-state index contributed by atoms with van der Waals surface area (Å²) >= 11 is 18.4. The molecule has 8 heteroatoms. The molecule has 0 spiro atoms. The molecule has 1 amide bonds. The molecule has 1 atom stereocenters. The van der Waals surface area contributed by atoms with Crippen molar-refractivity contribution in [3.63, 3.8) is 0 Å². The highest BCUT2D eigenvalue weighted by Crippen LogP contribution is 2.26. The molecule has 2 N–H and O–H groups in total. The van der Waals surface area contributed by atoms with E-state index in [4.69, 9.17) is 34.8 Å². The number of carbonyl (C=O) groups excluding carboxylic acids is 1. The molecule has 0 radical (unpaired) electrons. The van der Waals surface area contributed by atoms with Gasteiger partial charge in [0.05, 0.1) is 11.4 Å². The van der Waals surface area contributed by atoms with Crippen molar-refractivity contribution in [1.29, 1.82) is 0 Å². The number of halogens is 3. The van der Waals surface area contributed by atoms with E-state index in [1.54, 1.807) is 12.3 Å². The maximum absolute atomic E-state index is 12.7. The third-order valence-corrected chi connectivity index (χ3v) is 6.55. The van der Waals surface area contributed by atoms with Crippen LogP contribution in [-0.4, -0.2) is 42.0 Å². The molecule has 0 bridgehead atoms. The van der Waals surface area contributed by atoms with Gasteiger partial charge in [0.1, 0.15) is 0 Å². The van der Waals surface area contributed by atoms with E-state index in [9.17, 15) is 4.79 Å². The van der Waals surface area contributed by atoms with E-state index in [0.29, 0.717) is 28.2 Å². The first kappa shape index (κ1) is 23.1. The number of hydrogen-bond donors (Lipinski definition) is 2. The topological polar surface area (TPSA) is 57.3 Å². The minimum atomic E-state index is -0.0151. The molecule has 2 heterocycles. The van der Waals surface area contributed by atoms with Crippen LogP contribution in [0.4, 0.5) is 5.69 Å². The lowest BCUT2D eigenvalue weighted by molar-refractivity contribution is -0.126. The maximum atomic E-state index is 12.7. The summed E-state index contributed by atoms with van der Waals surface area (Å²) in [4.78, 5) is 19.4. The van der Waals surface area contributed by atoms with Crippen molar-refractivity contribution in [3.8, 4) is 0 Å². The molecular weight excluding hydrogens is 467 g/mol. The molecule has 1 aromatic heterocycles. The molecule has 1 fully saturated rings. The molecule has 1 saturated heterocycles. The summed E-state index contributed by atoms with van der Waals surface area (Å²) in [7, 11) is 0. The van der Waals surface area contributed by atoms with Crippen molar-refractivity contribution < 1.29 is 4.79 Å². The fraction of sp³-hybridized carbons (Fsp3) is 0.333. The van der Waals surface area contributed by atoms with Gasteiger partial charge in [-0.1, -0.05) is 40.9 Å². The first-order valence-electron chi connectivity index (χ1n) is 10.7. The van der Waals surface area contributed by atoms with E-state index in [1.807, 2.05) is 36.4 Å². The Hall–Kier alpha value is -2.05. The molecule has 0 aliphatic carbocycles. The Bertz CT molecular complexity index is 1110. The van der Waals surface area contributed by atoms with Gasteiger partial charge in [-0.15, -0.1) is 0 Å². The minimum Gasteiger partial charge on any atom is -0.383 e. The Labute approximate surface area is 203 Å². The highest BCUT2D eigenvalue weighted by atomic mass is 35.5. The summed E-state index contributed by atoms with van der Waals surface area (Å²) < 4.78 is 0. The van der Waals surface area contributed by atoms with Gasteiger partial charge >= 0.3 is 0 Å². The highest BCUT2D eigenvalue weighted by Gasteiger charge is 2.25. The Balaban J connectivity index is 1.26. The lowest BCUT2D eigenvalue weighted by atomic mass is 9.96. The Kier molecular flexibility index (Phi) is 7.74. The molecule has 4 rings (SSSR count). The number of amides is 1. The van der Waals surface area contributed by atoms with Crippen LogP contribution in [0.15, 0.2) is 48.7 Å². The van der Waals surface area contributed by atoms with Gasteiger partial charge in [0, 0.05) is 58.5 Å². The lowest BCUT2D eigenvalue weighted by Gasteiger charge is -2.32. The van der Waals surface area contributed by atoms with E-state index >= 15 is 0 Å². The lowest BCUT2D eigenvalue weighted by Crippen LogP contribution is -2.43. The molecule has 32 heavy (non-hydrogen) atoms. The monoisotopic (exact) mass is 490 g/mol. The second kappa shape index (κ2) is 10.7. The number of carbonyl (C=O) groups is 1. The third-order valence-electron chi connectivity index (χ3n) is 5.73. The summed E-state index contributed by atoms with van der Waals surface area (Å²) in [5.41, 5.74) is 2.85. The number of anilines is 1. The number of piperidine rings is 1. The number of nitrogens with zero attached hydrogens (tertiary/aromatic N) is 2. The number of fused-ring (bicyclic) bond motifs is 1. The number of pyridine rings is 1. The van der Waals surface area contributed by atoms with E-state index < -0.39 is 0 Å². The van der Waals surface area contributed by atoms with E-state index in [2.05, 4.69) is 20.5 Å². The van der Waals surface area contributed by atoms with Crippen molar-refractivity contribution in [3.05, 3.63) is 69.3 Å². The molecular formula is C24H25Cl3N4O. The largest absolute Gasteiger partial charge is 0.383 e. The normalized spacial score (nSPS) is 16.8. The summed E-state index contributed by atoms with van der Waals surface area (Å²) in [6, 6.07) is 13.1. The van der Waals surface area contributed by atoms with Crippen LogP contribution in [0.25, 0.3) is 10.9 Å². The van der Waals surface area contributed by atoms with Gasteiger partial charge in [0.2, 0.25) is 5.91 Å². The third kappa shape index (κ3) is 5.84. The predicted molar refractivity (Wildman–Crippen MR) is 133 cm³/mol. The second-order valence-corrected chi connectivity index (χ2v) is 9.33. The van der Waals surface area contributed by atoms with Crippen LogP contribution < -0.4 is 10.6 Å². The van der Waals surface area contributed by atoms with Gasteiger partial charge in [0.25, 0.3) is 0 Å². The van der Waals surface area contributed by atoms with E-state index in [-0.39, 0.29) is 11.8 Å². The fourth-order valence-corrected chi connectivity index (χ4v) is 4.74. The first-order valence-corrected chi connectivity index (χ1v) is 11.8. The van der Waals surface area contributed by atoms with Crippen molar-refractivity contribution in [2.24, 2.45) is 5.92 Å². The molecule has 168 valence electrons. The van der Waals surface area contributed by atoms with Crippen LogP contribution in [-0.2, 0) is 11.3 Å². The van der Waals surface area contributed by atoms with E-state index in [0.717, 1.165) is 54.6 Å². The summed E-state index contributed by atoms with van der Waals surface area (Å²) in [6.45, 7) is 3.60. The van der Waals surface area contributed by atoms with Crippen LogP contribution in [0.1, 0.15) is 18.4 Å². The Morgan fingerprint density at radius 2 is 1.88 bits per heavy atom. The van der Waals surface area contributed by atoms with Crippen molar-refractivity contribution in [1.82, 2.24) is 15.2 Å². The van der Waals surface area contributed by atoms with Gasteiger partial charge in [0.15, 0.2) is 0 Å². The van der Waals surface area contributed by atoms with Crippen LogP contribution in [0.3, 0.4) is 0 Å². The van der Waals surface area contributed by atoms with Crippen LogP contribution in [0, 0.1) is 5.92 Å². The van der Waals surface area contributed by atoms with Gasteiger partial charge < -0.3 is 10.6 Å². The van der Waals surface area contributed by atoms with E-state index in [1.165, 1.54) is 0 Å². The number of aromatic nitrogens is 1. The van der Waals surface area contributed by atoms with Crippen molar-refractivity contribution in [2.75, 3.05) is 31.5 Å². The number of hydrogen-bond acceptors (Lipinski definition) is 4. The van der Waals surface area contributed by atoms with Crippen LogP contribution in [0.5, 0.6) is 0 Å². The molecule has 1 aliphatic heterocycles. The minimum absolute atomic E-state index is 0.0151. The summed E-state index contributed by atoms with van der Waals surface area (Å²) in [5.74, 6) is 0.0868. The smallest absolute Gasteiger partial charge is 0.224 e. The Morgan fingerprint density at radius 3 is 2.72 bits per heavy atom. The van der Waals surface area contributed by atoms with Crippen molar-refractivity contribution in [2.45, 2.75) is 19.4 Å². The number of likely N-dealkylation sites (tertiary alicyclic amines) is 1. The fourth-order valence-electron chi connectivity index (χ4n) is 4.11. The molecule has 2 aromatic carbocycles. The van der Waals surface area contributed by atoms with Gasteiger partial charge in [-0.25, -0.2) is 0 Å². The van der Waals surface area contributed by atoms with Gasteiger partial charge in [-0.05, 0) is 61.3 Å². The molecule has 1 aliphatic rings. The molecule has 1 unspecified atom stereocenters. The predicted octanol–water partition coefficient (Wildman–Crippen LogP) is 5.64. The molecule has 3 aromatic rings. The number of nitrogens with one attached hydrogen (secondary N) is 2. The second-order valence-electron chi connectivity index (χ2n) is 8.05. The van der Waals surface area contributed by atoms with Gasteiger partial charge in [-0.2, -0.15) is 0 Å². The highest BCUT2D eigenvalue weighted by molar-refractivity contribution is 6.35. The van der Waals surface area contributed by atoms with Gasteiger partial charge in [-0.3, -0.25) is 14.7 Å². The SMILES string of the molecule is O=C(NCCNc1ccnc2cc(Cl)ccc12)C1CCCN(Cc2ccc(Cl)cc2Cl)C1. The van der Waals surface area contributed by atoms with Crippen molar-refractivity contribution >= 4 is 57.3 Å². The average Bonchev–Trinajstić information content (AvgIpc) is 2.78. The standard InChI is InChI=1S/C24H25Cl3N4O/c25-18-4-3-16(21(27)12-18)14-31-11-1-2-17(15-31)24(32)30-10-9-29-22-7-8-28-23-13-19(26)5-6-20(22)23/h3-8,12-13,17H,1-2,9-11,14-15H2,(H,28,29)(H,30,32). The Morgan fingerprint density at radius 1 is 1.06 bits per heavy atom. The molecule has 0 saturated carbocycles. The van der Waals surface area contributed by atoms with Crippen LogP contribution >= 0.6 is 34.8 Å². The maximum Gasteiger partial charge on any atom is 0.224 e. The zero-order chi connectivity index (χ0) is 22.5. The summed E-state index contributed by atoms with van der Waals surface area (Å²) in [6.07, 6.45) is 3.65. The first-order chi connectivity index (χ1) is 15.5. The quantitative estimate of drug-likeness (QED) is 0.420. The van der Waals surface area contributed by atoms with Crippen LogP contribution in [0.2, 0.25) is 15.1 Å². The molecule has 5 nitrogen and oxygen atoms in total. The average molecular weight is 492 g/mol. The number of rotatable bonds is 7. The number of benzene rings is 2. The zero-order valence-electron chi connectivity index (χ0n) is 17.6. The zero-order valence-corrected chi connectivity index (χ0v) is 19.9. The summed E-state index contributed by atoms with van der Waals surface area (Å²) in [5, 5.41) is 9.43.